The number of hydrogen-bond donors (Lipinski definition) is 1. The van der Waals surface area contributed by atoms with Gasteiger partial charge in [-0.3, -0.25) is 9.47 Å². The molecule has 0 amide bonds. The van der Waals surface area contributed by atoms with Crippen LogP contribution in [-0.4, -0.2) is 43.8 Å². The van der Waals surface area contributed by atoms with Crippen LogP contribution in [0.25, 0.3) is 11.4 Å². The highest BCUT2D eigenvalue weighted by molar-refractivity contribution is 9.10. The van der Waals surface area contributed by atoms with Gasteiger partial charge in [-0.15, -0.1) is 10.2 Å². The van der Waals surface area contributed by atoms with Crippen LogP contribution in [-0.2, 0) is 6.67 Å². The minimum Gasteiger partial charge on any atom is -0.395 e. The van der Waals surface area contributed by atoms with Crippen molar-refractivity contribution in [2.45, 2.75) is 11.8 Å². The van der Waals surface area contributed by atoms with Crippen LogP contribution in [0, 0.1) is 0 Å². The molecule has 0 atom stereocenters. The molecule has 2 aromatic rings. The number of hydrogen-bond acceptors (Lipinski definition) is 5. The van der Waals surface area contributed by atoms with Crippen LogP contribution in [0.4, 0.5) is 0 Å². The Labute approximate surface area is 123 Å². The number of β-amino-alcohol motifs (C(OH)–C–C–N with tert-alkyl or cyclic N) is 1. The molecule has 1 aromatic carbocycles. The molecule has 0 saturated heterocycles. The zero-order valence-electron chi connectivity index (χ0n) is 10.2. The second-order valence-corrected chi connectivity index (χ2v) is 6.11. The monoisotopic (exact) mass is 340 g/mol. The Hall–Kier alpha value is -0.890. The van der Waals surface area contributed by atoms with Gasteiger partial charge in [0.1, 0.15) is 0 Å². The largest absolute Gasteiger partial charge is 0.395 e. The molecule has 5 nitrogen and oxygen atoms in total. The van der Waals surface area contributed by atoms with Gasteiger partial charge in [-0.05, 0) is 12.1 Å². The van der Waals surface area contributed by atoms with Crippen molar-refractivity contribution < 1.29 is 5.11 Å². The molecule has 19 heavy (non-hydrogen) atoms. The number of rotatable bonds is 3. The summed E-state index contributed by atoms with van der Waals surface area (Å²) >= 11 is 5.12. The number of halogens is 1. The maximum Gasteiger partial charge on any atom is 0.193 e. The van der Waals surface area contributed by atoms with Crippen molar-refractivity contribution in [3.8, 4) is 11.4 Å². The van der Waals surface area contributed by atoms with Crippen molar-refractivity contribution in [1.82, 2.24) is 19.7 Å². The van der Waals surface area contributed by atoms with Gasteiger partial charge in [0.15, 0.2) is 11.0 Å². The average Bonchev–Trinajstić information content (AvgIpc) is 2.82. The Kier molecular flexibility index (Phi) is 3.88. The average molecular weight is 341 g/mol. The summed E-state index contributed by atoms with van der Waals surface area (Å²) in [5.41, 5.74) is 1.04. The van der Waals surface area contributed by atoms with Gasteiger partial charge in [0.25, 0.3) is 0 Å². The molecule has 0 aliphatic carbocycles. The normalized spacial score (nSPS) is 15.5. The van der Waals surface area contributed by atoms with Crippen molar-refractivity contribution >= 4 is 27.7 Å². The molecule has 0 saturated carbocycles. The summed E-state index contributed by atoms with van der Waals surface area (Å²) in [6, 6.07) is 8.04. The second kappa shape index (κ2) is 5.62. The van der Waals surface area contributed by atoms with Gasteiger partial charge in [-0.1, -0.05) is 39.8 Å². The molecule has 1 aromatic heterocycles. The molecule has 0 spiro atoms. The van der Waals surface area contributed by atoms with E-state index in [1.807, 2.05) is 24.3 Å². The lowest BCUT2D eigenvalue weighted by atomic mass is 10.2. The van der Waals surface area contributed by atoms with Crippen LogP contribution in [0.1, 0.15) is 0 Å². The van der Waals surface area contributed by atoms with E-state index in [4.69, 9.17) is 5.11 Å². The maximum atomic E-state index is 9.04. The third-order valence-corrected chi connectivity index (χ3v) is 4.48. The molecule has 7 heteroatoms. The summed E-state index contributed by atoms with van der Waals surface area (Å²) in [4.78, 5) is 2.17. The lowest BCUT2D eigenvalue weighted by Gasteiger charge is -2.26. The standard InChI is InChI=1S/C12H13BrN4OS/c13-10-3-1-2-9(6-10)11-14-15-12-17(11)7-16(4-5-18)8-19-12/h1-3,6,18H,4-5,7-8H2. The summed E-state index contributed by atoms with van der Waals surface area (Å²) in [5, 5.41) is 18.5. The number of fused-ring (bicyclic) bond motifs is 1. The van der Waals surface area contributed by atoms with Gasteiger partial charge in [0.05, 0.1) is 19.2 Å². The number of aliphatic hydroxyl groups excluding tert-OH is 1. The molecule has 0 radical (unpaired) electrons. The molecule has 0 unspecified atom stereocenters. The van der Waals surface area contributed by atoms with Crippen molar-refractivity contribution in [2.24, 2.45) is 0 Å². The third-order valence-electron chi connectivity index (χ3n) is 2.93. The van der Waals surface area contributed by atoms with Crippen molar-refractivity contribution in [3.63, 3.8) is 0 Å². The molecule has 0 fully saturated rings. The van der Waals surface area contributed by atoms with E-state index in [0.29, 0.717) is 6.54 Å². The highest BCUT2D eigenvalue weighted by Crippen LogP contribution is 2.29. The molecule has 1 aliphatic heterocycles. The summed E-state index contributed by atoms with van der Waals surface area (Å²) in [5.74, 6) is 1.71. The van der Waals surface area contributed by atoms with Crippen LogP contribution >= 0.6 is 27.7 Å². The molecular weight excluding hydrogens is 328 g/mol. The topological polar surface area (TPSA) is 54.2 Å². The van der Waals surface area contributed by atoms with Gasteiger partial charge in [-0.25, -0.2) is 0 Å². The zero-order valence-corrected chi connectivity index (χ0v) is 12.6. The van der Waals surface area contributed by atoms with E-state index in [-0.39, 0.29) is 6.61 Å². The second-order valence-electron chi connectivity index (χ2n) is 4.28. The SMILES string of the molecule is OCCN1CSc2nnc(-c3cccc(Br)c3)n2C1. The predicted octanol–water partition coefficient (Wildman–Crippen LogP) is 2.02. The van der Waals surface area contributed by atoms with Crippen LogP contribution in [0.15, 0.2) is 33.9 Å². The molecule has 0 bridgehead atoms. The quantitative estimate of drug-likeness (QED) is 0.926. The van der Waals surface area contributed by atoms with E-state index >= 15 is 0 Å². The summed E-state index contributed by atoms with van der Waals surface area (Å²) in [6.07, 6.45) is 0. The first-order valence-electron chi connectivity index (χ1n) is 5.93. The zero-order chi connectivity index (χ0) is 13.2. The molecule has 2 heterocycles. The Bertz CT molecular complexity index is 589. The maximum absolute atomic E-state index is 9.04. The van der Waals surface area contributed by atoms with Gasteiger partial charge in [0.2, 0.25) is 0 Å². The number of nitrogens with zero attached hydrogens (tertiary/aromatic N) is 4. The molecule has 1 N–H and O–H groups in total. The first kappa shape index (κ1) is 13.1. The summed E-state index contributed by atoms with van der Waals surface area (Å²) in [7, 11) is 0. The smallest absolute Gasteiger partial charge is 0.193 e. The minimum atomic E-state index is 0.171. The Morgan fingerprint density at radius 2 is 2.26 bits per heavy atom. The highest BCUT2D eigenvalue weighted by Gasteiger charge is 2.21. The van der Waals surface area contributed by atoms with Crippen LogP contribution in [0.3, 0.4) is 0 Å². The number of thioether (sulfide) groups is 1. The number of aliphatic hydroxyl groups is 1. The van der Waals surface area contributed by atoms with E-state index < -0.39 is 0 Å². The van der Waals surface area contributed by atoms with Crippen molar-refractivity contribution in [2.75, 3.05) is 19.0 Å². The van der Waals surface area contributed by atoms with Crippen molar-refractivity contribution in [3.05, 3.63) is 28.7 Å². The van der Waals surface area contributed by atoms with E-state index in [9.17, 15) is 0 Å². The lowest BCUT2D eigenvalue weighted by Crippen LogP contribution is -2.32. The molecule has 100 valence electrons. The van der Waals surface area contributed by atoms with Crippen LogP contribution in [0.2, 0.25) is 0 Å². The Morgan fingerprint density at radius 1 is 1.37 bits per heavy atom. The fourth-order valence-electron chi connectivity index (χ4n) is 2.03. The van der Waals surface area contributed by atoms with E-state index in [0.717, 1.165) is 33.6 Å². The predicted molar refractivity (Wildman–Crippen MR) is 77.7 cm³/mol. The van der Waals surface area contributed by atoms with Gasteiger partial charge in [-0.2, -0.15) is 0 Å². The summed E-state index contributed by atoms with van der Waals surface area (Å²) in [6.45, 7) is 1.56. The first-order valence-corrected chi connectivity index (χ1v) is 7.71. The van der Waals surface area contributed by atoms with E-state index in [1.165, 1.54) is 0 Å². The molecule has 3 rings (SSSR count). The fraction of sp³-hybridized carbons (Fsp3) is 0.333. The molecule has 1 aliphatic rings. The van der Waals surface area contributed by atoms with Gasteiger partial charge >= 0.3 is 0 Å². The molecular formula is C12H13BrN4OS. The Morgan fingerprint density at radius 3 is 3.05 bits per heavy atom. The third kappa shape index (κ3) is 2.69. The lowest BCUT2D eigenvalue weighted by molar-refractivity contribution is 0.178. The van der Waals surface area contributed by atoms with Crippen LogP contribution < -0.4 is 0 Å². The first-order chi connectivity index (χ1) is 9.28. The minimum absolute atomic E-state index is 0.171. The van der Waals surface area contributed by atoms with Gasteiger partial charge in [0, 0.05) is 16.6 Å². The van der Waals surface area contributed by atoms with Gasteiger partial charge < -0.3 is 5.11 Å². The van der Waals surface area contributed by atoms with E-state index in [1.54, 1.807) is 11.8 Å². The Balaban J connectivity index is 1.95. The van der Waals surface area contributed by atoms with E-state index in [2.05, 4.69) is 35.6 Å². The highest BCUT2D eigenvalue weighted by atomic mass is 79.9. The summed E-state index contributed by atoms with van der Waals surface area (Å²) < 4.78 is 3.11. The number of aromatic nitrogens is 3. The number of benzene rings is 1. The van der Waals surface area contributed by atoms with Crippen molar-refractivity contribution in [1.29, 1.82) is 0 Å². The fourth-order valence-corrected chi connectivity index (χ4v) is 3.34. The van der Waals surface area contributed by atoms with Crippen LogP contribution in [0.5, 0.6) is 0 Å².